The molecule has 1 aromatic rings. The predicted octanol–water partition coefficient (Wildman–Crippen LogP) is 1.57. The third-order valence-electron chi connectivity index (χ3n) is 3.86. The van der Waals surface area contributed by atoms with E-state index in [4.69, 9.17) is 14.2 Å². The molecule has 1 aliphatic rings. The summed E-state index contributed by atoms with van der Waals surface area (Å²) in [5, 5.41) is 2.70. The third kappa shape index (κ3) is 4.92. The van der Waals surface area contributed by atoms with E-state index in [1.165, 1.54) is 13.3 Å². The van der Waals surface area contributed by atoms with Gasteiger partial charge in [-0.05, 0) is 12.0 Å². The van der Waals surface area contributed by atoms with E-state index in [-0.39, 0.29) is 17.9 Å². The zero-order chi connectivity index (χ0) is 17.5. The van der Waals surface area contributed by atoms with Crippen molar-refractivity contribution in [1.29, 1.82) is 0 Å². The van der Waals surface area contributed by atoms with Gasteiger partial charge in [0.2, 0.25) is 5.88 Å². The maximum atomic E-state index is 12.4. The molecule has 0 unspecified atom stereocenters. The topological polar surface area (TPSA) is 86.8 Å². The number of hydrogen-bond donors (Lipinski definition) is 1. The SMILES string of the molecule is COC(=O)[C@H](NC(=O)c1ccnc(OC2CCOCC2)c1)C(C)C. The van der Waals surface area contributed by atoms with E-state index in [9.17, 15) is 9.59 Å². The Morgan fingerprint density at radius 1 is 1.33 bits per heavy atom. The fraction of sp³-hybridized carbons (Fsp3) is 0.588. The van der Waals surface area contributed by atoms with Crippen LogP contribution in [0.3, 0.4) is 0 Å². The number of hydrogen-bond acceptors (Lipinski definition) is 6. The van der Waals surface area contributed by atoms with Crippen molar-refractivity contribution in [2.24, 2.45) is 5.92 Å². The van der Waals surface area contributed by atoms with Crippen molar-refractivity contribution in [1.82, 2.24) is 10.3 Å². The molecule has 0 aromatic carbocycles. The third-order valence-corrected chi connectivity index (χ3v) is 3.86. The predicted molar refractivity (Wildman–Crippen MR) is 86.8 cm³/mol. The molecule has 7 nitrogen and oxygen atoms in total. The summed E-state index contributed by atoms with van der Waals surface area (Å²) in [6.07, 6.45) is 3.17. The Kier molecular flexibility index (Phi) is 6.54. The lowest BCUT2D eigenvalue weighted by Gasteiger charge is -2.23. The lowest BCUT2D eigenvalue weighted by atomic mass is 10.0. The number of esters is 1. The smallest absolute Gasteiger partial charge is 0.328 e. The highest BCUT2D eigenvalue weighted by molar-refractivity contribution is 5.97. The largest absolute Gasteiger partial charge is 0.474 e. The zero-order valence-corrected chi connectivity index (χ0v) is 14.3. The number of amides is 1. The lowest BCUT2D eigenvalue weighted by molar-refractivity contribution is -0.144. The maximum Gasteiger partial charge on any atom is 0.328 e. The van der Waals surface area contributed by atoms with Gasteiger partial charge in [-0.1, -0.05) is 13.8 Å². The van der Waals surface area contributed by atoms with Gasteiger partial charge in [0.25, 0.3) is 5.91 Å². The van der Waals surface area contributed by atoms with E-state index in [0.717, 1.165) is 12.8 Å². The summed E-state index contributed by atoms with van der Waals surface area (Å²) in [6.45, 7) is 5.02. The average molecular weight is 336 g/mol. The molecule has 0 saturated carbocycles. The summed E-state index contributed by atoms with van der Waals surface area (Å²) in [5.74, 6) is -0.515. The second-order valence-electron chi connectivity index (χ2n) is 6.03. The summed E-state index contributed by atoms with van der Waals surface area (Å²) in [6, 6.07) is 2.47. The molecular weight excluding hydrogens is 312 g/mol. The van der Waals surface area contributed by atoms with Gasteiger partial charge < -0.3 is 19.5 Å². The van der Waals surface area contributed by atoms with Crippen LogP contribution in [0, 0.1) is 5.92 Å². The number of pyridine rings is 1. The van der Waals surface area contributed by atoms with Crippen LogP contribution in [-0.4, -0.2) is 49.3 Å². The fourth-order valence-corrected chi connectivity index (χ4v) is 2.43. The van der Waals surface area contributed by atoms with Gasteiger partial charge >= 0.3 is 5.97 Å². The molecule has 1 N–H and O–H groups in total. The second kappa shape index (κ2) is 8.63. The molecule has 1 aromatic heterocycles. The highest BCUT2D eigenvalue weighted by atomic mass is 16.5. The maximum absolute atomic E-state index is 12.4. The Morgan fingerprint density at radius 3 is 2.67 bits per heavy atom. The van der Waals surface area contributed by atoms with Gasteiger partial charge in [0, 0.05) is 30.7 Å². The van der Waals surface area contributed by atoms with Gasteiger partial charge in [-0.3, -0.25) is 4.79 Å². The quantitative estimate of drug-likeness (QED) is 0.794. The average Bonchev–Trinajstić information content (AvgIpc) is 2.59. The number of carbonyl (C=O) groups excluding carboxylic acids is 2. The number of rotatable bonds is 6. The van der Waals surface area contributed by atoms with Gasteiger partial charge in [0.05, 0.1) is 20.3 Å². The van der Waals surface area contributed by atoms with E-state index >= 15 is 0 Å². The van der Waals surface area contributed by atoms with Crippen molar-refractivity contribution < 1.29 is 23.8 Å². The number of methoxy groups -OCH3 is 1. The van der Waals surface area contributed by atoms with Gasteiger partial charge in [0.1, 0.15) is 12.1 Å². The minimum Gasteiger partial charge on any atom is -0.474 e. The molecule has 1 aliphatic heterocycles. The molecule has 132 valence electrons. The van der Waals surface area contributed by atoms with Crippen LogP contribution in [0.5, 0.6) is 5.88 Å². The van der Waals surface area contributed by atoms with Crippen LogP contribution in [0.25, 0.3) is 0 Å². The second-order valence-corrected chi connectivity index (χ2v) is 6.03. The first kappa shape index (κ1) is 18.2. The molecule has 24 heavy (non-hydrogen) atoms. The minimum absolute atomic E-state index is 0.0445. The van der Waals surface area contributed by atoms with E-state index in [2.05, 4.69) is 10.3 Å². The van der Waals surface area contributed by atoms with Crippen LogP contribution in [0.4, 0.5) is 0 Å². The highest BCUT2D eigenvalue weighted by Crippen LogP contribution is 2.17. The number of nitrogens with one attached hydrogen (secondary N) is 1. The summed E-state index contributed by atoms with van der Waals surface area (Å²) in [7, 11) is 1.30. The van der Waals surface area contributed by atoms with Gasteiger partial charge in [-0.25, -0.2) is 9.78 Å². The Hall–Kier alpha value is -2.15. The molecule has 1 amide bonds. The van der Waals surface area contributed by atoms with Crippen molar-refractivity contribution in [3.05, 3.63) is 23.9 Å². The molecule has 0 bridgehead atoms. The van der Waals surface area contributed by atoms with Gasteiger partial charge in [-0.2, -0.15) is 0 Å². The first-order valence-electron chi connectivity index (χ1n) is 8.10. The molecular formula is C17H24N2O5. The summed E-state index contributed by atoms with van der Waals surface area (Å²) in [4.78, 5) is 28.3. The van der Waals surface area contributed by atoms with E-state index < -0.39 is 12.0 Å². The fourth-order valence-electron chi connectivity index (χ4n) is 2.43. The Morgan fingerprint density at radius 2 is 2.04 bits per heavy atom. The Balaban J connectivity index is 2.03. The standard InChI is InChI=1S/C17H24N2O5/c1-11(2)15(17(21)22-3)19-16(20)12-4-7-18-14(10-12)24-13-5-8-23-9-6-13/h4,7,10-11,13,15H,5-6,8-9H2,1-3H3,(H,19,20)/t15-/m1/s1. The van der Waals surface area contributed by atoms with Gasteiger partial charge in [-0.15, -0.1) is 0 Å². The lowest BCUT2D eigenvalue weighted by Crippen LogP contribution is -2.45. The van der Waals surface area contributed by atoms with Crippen LogP contribution >= 0.6 is 0 Å². The highest BCUT2D eigenvalue weighted by Gasteiger charge is 2.25. The number of carbonyl (C=O) groups is 2. The molecule has 0 radical (unpaired) electrons. The molecule has 1 atom stereocenters. The first-order valence-corrected chi connectivity index (χ1v) is 8.10. The normalized spacial score (nSPS) is 16.5. The molecule has 2 heterocycles. The molecule has 0 spiro atoms. The van der Waals surface area contributed by atoms with Crippen molar-refractivity contribution in [2.75, 3.05) is 20.3 Å². The van der Waals surface area contributed by atoms with Crippen LogP contribution < -0.4 is 10.1 Å². The number of ether oxygens (including phenoxy) is 3. The minimum atomic E-state index is -0.699. The van der Waals surface area contributed by atoms with E-state index in [1.807, 2.05) is 13.8 Å². The van der Waals surface area contributed by atoms with E-state index in [1.54, 1.807) is 12.1 Å². The summed E-state index contributed by atoms with van der Waals surface area (Å²) in [5.41, 5.74) is 0.390. The Bertz CT molecular complexity index is 570. The molecule has 2 rings (SSSR count). The molecule has 1 fully saturated rings. The van der Waals surface area contributed by atoms with Crippen LogP contribution in [0.15, 0.2) is 18.3 Å². The number of nitrogens with zero attached hydrogens (tertiary/aromatic N) is 1. The Labute approximate surface area is 141 Å². The van der Waals surface area contributed by atoms with Crippen molar-refractivity contribution in [2.45, 2.75) is 38.8 Å². The molecule has 1 saturated heterocycles. The van der Waals surface area contributed by atoms with Crippen LogP contribution in [-0.2, 0) is 14.3 Å². The first-order chi connectivity index (χ1) is 11.5. The van der Waals surface area contributed by atoms with Crippen LogP contribution in [0.2, 0.25) is 0 Å². The molecule has 0 aliphatic carbocycles. The van der Waals surface area contributed by atoms with E-state index in [0.29, 0.717) is 24.7 Å². The summed E-state index contributed by atoms with van der Waals surface area (Å²) < 4.78 is 15.8. The molecule has 7 heteroatoms. The zero-order valence-electron chi connectivity index (χ0n) is 14.3. The monoisotopic (exact) mass is 336 g/mol. The van der Waals surface area contributed by atoms with Crippen LogP contribution in [0.1, 0.15) is 37.0 Å². The van der Waals surface area contributed by atoms with Gasteiger partial charge in [0.15, 0.2) is 0 Å². The number of aromatic nitrogens is 1. The van der Waals surface area contributed by atoms with Crippen molar-refractivity contribution in [3.8, 4) is 5.88 Å². The van der Waals surface area contributed by atoms with Crippen molar-refractivity contribution >= 4 is 11.9 Å². The van der Waals surface area contributed by atoms with Crippen molar-refractivity contribution in [3.63, 3.8) is 0 Å². The summed E-state index contributed by atoms with van der Waals surface area (Å²) >= 11 is 0.